The normalized spacial score (nSPS) is 16.8. The van der Waals surface area contributed by atoms with Gasteiger partial charge >= 0.3 is 0 Å². The number of hydrogen-bond acceptors (Lipinski definition) is 4. The molecule has 0 unspecified atom stereocenters. The molecule has 1 aliphatic heterocycles. The summed E-state index contributed by atoms with van der Waals surface area (Å²) in [6.45, 7) is 11.8. The summed E-state index contributed by atoms with van der Waals surface area (Å²) in [7, 11) is 1.80. The van der Waals surface area contributed by atoms with Crippen LogP contribution in [-0.4, -0.2) is 81.8 Å². The van der Waals surface area contributed by atoms with Crippen molar-refractivity contribution in [3.63, 3.8) is 0 Å². The third kappa shape index (κ3) is 7.86. The number of piperazine rings is 1. The van der Waals surface area contributed by atoms with Crippen LogP contribution in [0, 0.1) is 0 Å². The molecule has 0 atom stereocenters. The quantitative estimate of drug-likeness (QED) is 0.397. The average Bonchev–Trinajstić information content (AvgIpc) is 2.66. The zero-order valence-electron chi connectivity index (χ0n) is 15.7. The molecule has 0 radical (unpaired) electrons. The van der Waals surface area contributed by atoms with E-state index >= 15 is 0 Å². The lowest BCUT2D eigenvalue weighted by Crippen LogP contribution is -2.49. The van der Waals surface area contributed by atoms with Gasteiger partial charge in [-0.2, -0.15) is 0 Å². The van der Waals surface area contributed by atoms with Crippen LogP contribution >= 0.6 is 0 Å². The summed E-state index contributed by atoms with van der Waals surface area (Å²) in [5.41, 5.74) is 1.40. The summed E-state index contributed by atoms with van der Waals surface area (Å²) in [6.07, 6.45) is 0. The second-order valence-corrected chi connectivity index (χ2v) is 6.23. The van der Waals surface area contributed by atoms with E-state index in [9.17, 15) is 0 Å². The number of nitrogens with one attached hydrogen (secondary N) is 2. The molecule has 6 nitrogen and oxygen atoms in total. The molecule has 1 aromatic rings. The fourth-order valence-corrected chi connectivity index (χ4v) is 2.95. The Hall–Kier alpha value is -1.63. The van der Waals surface area contributed by atoms with Crippen molar-refractivity contribution in [2.45, 2.75) is 13.5 Å². The van der Waals surface area contributed by atoms with Crippen molar-refractivity contribution in [3.8, 4) is 0 Å². The Labute approximate surface area is 152 Å². The average molecular weight is 348 g/mol. The summed E-state index contributed by atoms with van der Waals surface area (Å²) < 4.78 is 5.32. The van der Waals surface area contributed by atoms with Gasteiger partial charge in [-0.1, -0.05) is 30.3 Å². The second-order valence-electron chi connectivity index (χ2n) is 6.23. The van der Waals surface area contributed by atoms with Crippen molar-refractivity contribution in [2.75, 3.05) is 66.1 Å². The maximum Gasteiger partial charge on any atom is 0.191 e. The van der Waals surface area contributed by atoms with E-state index < -0.39 is 0 Å². The first-order valence-corrected chi connectivity index (χ1v) is 9.32. The summed E-state index contributed by atoms with van der Waals surface area (Å²) in [6, 6.07) is 10.7. The standard InChI is InChI=1S/C19H33N5O/c1-3-25-16-10-22-19(20-2)21-9-11-23-12-14-24(15-13-23)17-18-7-5-4-6-8-18/h4-8H,3,9-17H2,1-2H3,(H2,20,21,22). The first-order valence-electron chi connectivity index (χ1n) is 9.32. The predicted molar refractivity (Wildman–Crippen MR) is 104 cm³/mol. The molecule has 6 heteroatoms. The monoisotopic (exact) mass is 347 g/mol. The first kappa shape index (κ1) is 19.7. The van der Waals surface area contributed by atoms with Crippen LogP contribution in [0.1, 0.15) is 12.5 Å². The highest BCUT2D eigenvalue weighted by Gasteiger charge is 2.16. The van der Waals surface area contributed by atoms with Crippen LogP contribution in [0.5, 0.6) is 0 Å². The van der Waals surface area contributed by atoms with Crippen molar-refractivity contribution in [1.29, 1.82) is 0 Å². The summed E-state index contributed by atoms with van der Waals surface area (Å²) >= 11 is 0. The van der Waals surface area contributed by atoms with E-state index in [-0.39, 0.29) is 0 Å². The van der Waals surface area contributed by atoms with E-state index in [2.05, 4.69) is 55.8 Å². The molecule has 0 spiro atoms. The van der Waals surface area contributed by atoms with Crippen LogP contribution in [0.25, 0.3) is 0 Å². The molecule has 1 fully saturated rings. The molecule has 2 N–H and O–H groups in total. The molecular weight excluding hydrogens is 314 g/mol. The zero-order chi connectivity index (χ0) is 17.7. The lowest BCUT2D eigenvalue weighted by molar-refractivity contribution is 0.129. The van der Waals surface area contributed by atoms with Gasteiger partial charge in [-0.3, -0.25) is 14.8 Å². The third-order valence-corrected chi connectivity index (χ3v) is 4.40. The summed E-state index contributed by atoms with van der Waals surface area (Å²) in [5.74, 6) is 0.849. The van der Waals surface area contributed by atoms with Crippen LogP contribution in [0.4, 0.5) is 0 Å². The lowest BCUT2D eigenvalue weighted by atomic mass is 10.2. The molecule has 0 saturated carbocycles. The van der Waals surface area contributed by atoms with Crippen molar-refractivity contribution >= 4 is 5.96 Å². The highest BCUT2D eigenvalue weighted by Crippen LogP contribution is 2.07. The summed E-state index contributed by atoms with van der Waals surface area (Å²) in [5, 5.41) is 6.64. The Kier molecular flexibility index (Phi) is 9.33. The number of benzene rings is 1. The van der Waals surface area contributed by atoms with Gasteiger partial charge in [0.1, 0.15) is 0 Å². The Morgan fingerprint density at radius 3 is 2.40 bits per heavy atom. The van der Waals surface area contributed by atoms with Gasteiger partial charge in [-0.15, -0.1) is 0 Å². The number of ether oxygens (including phenoxy) is 1. The number of aliphatic imine (C=N–C) groups is 1. The number of guanidine groups is 1. The molecule has 1 aromatic carbocycles. The largest absolute Gasteiger partial charge is 0.380 e. The zero-order valence-corrected chi connectivity index (χ0v) is 15.7. The van der Waals surface area contributed by atoms with Gasteiger partial charge in [-0.05, 0) is 12.5 Å². The molecule has 0 aliphatic carbocycles. The molecule has 0 amide bonds. The molecule has 140 valence electrons. The summed E-state index contributed by atoms with van der Waals surface area (Å²) in [4.78, 5) is 9.29. The van der Waals surface area contributed by atoms with E-state index in [0.717, 1.165) is 64.9 Å². The van der Waals surface area contributed by atoms with Gasteiger partial charge in [0, 0.05) is 66.0 Å². The maximum atomic E-state index is 5.32. The van der Waals surface area contributed by atoms with Gasteiger partial charge < -0.3 is 15.4 Å². The molecule has 0 aromatic heterocycles. The van der Waals surface area contributed by atoms with Gasteiger partial charge in [0.2, 0.25) is 0 Å². The van der Waals surface area contributed by atoms with Gasteiger partial charge in [0.25, 0.3) is 0 Å². The molecule has 1 heterocycles. The topological polar surface area (TPSA) is 52.1 Å². The lowest BCUT2D eigenvalue weighted by Gasteiger charge is -2.34. The fourth-order valence-electron chi connectivity index (χ4n) is 2.95. The van der Waals surface area contributed by atoms with Crippen LogP contribution in [-0.2, 0) is 11.3 Å². The predicted octanol–water partition coefficient (Wildman–Crippen LogP) is 1.01. The number of nitrogens with zero attached hydrogens (tertiary/aromatic N) is 3. The van der Waals surface area contributed by atoms with Gasteiger partial charge in [0.05, 0.1) is 6.61 Å². The maximum absolute atomic E-state index is 5.32. The first-order chi connectivity index (χ1) is 12.3. The van der Waals surface area contributed by atoms with E-state index in [1.807, 2.05) is 6.92 Å². The molecule has 1 saturated heterocycles. The Morgan fingerprint density at radius 2 is 1.72 bits per heavy atom. The minimum absolute atomic E-state index is 0.709. The number of hydrogen-bond donors (Lipinski definition) is 2. The Bertz CT molecular complexity index is 486. The van der Waals surface area contributed by atoms with Crippen LogP contribution < -0.4 is 10.6 Å². The SMILES string of the molecule is CCOCCNC(=NC)NCCN1CCN(Cc2ccccc2)CC1. The number of rotatable bonds is 9. The van der Waals surface area contributed by atoms with E-state index in [1.165, 1.54) is 5.56 Å². The molecule has 2 rings (SSSR count). The minimum Gasteiger partial charge on any atom is -0.380 e. The van der Waals surface area contributed by atoms with Crippen molar-refractivity contribution in [3.05, 3.63) is 35.9 Å². The molecule has 1 aliphatic rings. The van der Waals surface area contributed by atoms with Crippen LogP contribution in [0.15, 0.2) is 35.3 Å². The van der Waals surface area contributed by atoms with E-state index in [0.29, 0.717) is 6.61 Å². The van der Waals surface area contributed by atoms with Crippen LogP contribution in [0.2, 0.25) is 0 Å². The Balaban J connectivity index is 1.57. The van der Waals surface area contributed by atoms with Crippen molar-refractivity contribution < 1.29 is 4.74 Å². The van der Waals surface area contributed by atoms with E-state index in [1.54, 1.807) is 7.05 Å². The fraction of sp³-hybridized carbons (Fsp3) is 0.632. The third-order valence-electron chi connectivity index (χ3n) is 4.40. The Morgan fingerprint density at radius 1 is 1.04 bits per heavy atom. The second kappa shape index (κ2) is 11.8. The van der Waals surface area contributed by atoms with Gasteiger partial charge in [0.15, 0.2) is 5.96 Å². The highest BCUT2D eigenvalue weighted by atomic mass is 16.5. The van der Waals surface area contributed by atoms with E-state index in [4.69, 9.17) is 4.74 Å². The smallest absolute Gasteiger partial charge is 0.191 e. The van der Waals surface area contributed by atoms with Crippen molar-refractivity contribution in [1.82, 2.24) is 20.4 Å². The highest BCUT2D eigenvalue weighted by molar-refractivity contribution is 5.79. The van der Waals surface area contributed by atoms with Crippen LogP contribution in [0.3, 0.4) is 0 Å². The molecular formula is C19H33N5O. The molecule has 25 heavy (non-hydrogen) atoms. The van der Waals surface area contributed by atoms with Crippen molar-refractivity contribution in [2.24, 2.45) is 4.99 Å². The minimum atomic E-state index is 0.709. The molecule has 0 bridgehead atoms. The van der Waals surface area contributed by atoms with Gasteiger partial charge in [-0.25, -0.2) is 0 Å².